The first-order chi connectivity index (χ1) is 8.27. The second-order valence-corrected chi connectivity index (χ2v) is 6.45. The van der Waals surface area contributed by atoms with Gasteiger partial charge < -0.3 is 5.11 Å². The number of thioether (sulfide) groups is 1. The highest BCUT2D eigenvalue weighted by Gasteiger charge is 2.22. The van der Waals surface area contributed by atoms with Crippen LogP contribution < -0.4 is 4.72 Å². The molecule has 0 radical (unpaired) electrons. The normalized spacial score (nSPS) is 13.3. The number of halogens is 1. The topological polar surface area (TPSA) is 83.5 Å². The highest BCUT2D eigenvalue weighted by Crippen LogP contribution is 2.27. The summed E-state index contributed by atoms with van der Waals surface area (Å²) < 4.78 is 25.8. The summed E-state index contributed by atoms with van der Waals surface area (Å²) in [7, 11) is -3.88. The molecule has 100 valence electrons. The first kappa shape index (κ1) is 15.3. The fourth-order valence-electron chi connectivity index (χ4n) is 1.17. The van der Waals surface area contributed by atoms with Gasteiger partial charge in [0.05, 0.1) is 9.92 Å². The van der Waals surface area contributed by atoms with Gasteiger partial charge >= 0.3 is 5.97 Å². The smallest absolute Gasteiger partial charge is 0.321 e. The van der Waals surface area contributed by atoms with Gasteiger partial charge in [0.2, 0.25) is 10.0 Å². The second-order valence-electron chi connectivity index (χ2n) is 3.48. The van der Waals surface area contributed by atoms with Gasteiger partial charge in [-0.05, 0) is 31.4 Å². The van der Waals surface area contributed by atoms with Gasteiger partial charge in [0.1, 0.15) is 6.04 Å². The Morgan fingerprint density at radius 1 is 1.50 bits per heavy atom. The van der Waals surface area contributed by atoms with Gasteiger partial charge in [-0.2, -0.15) is 4.72 Å². The Balaban J connectivity index is 3.06. The lowest BCUT2D eigenvalue weighted by Crippen LogP contribution is -2.38. The molecule has 0 fully saturated rings. The molecular weight excluding hydrogens is 298 g/mol. The standard InChI is InChI=1S/C10H12ClNO4S2/c1-6(10(13)14)12-18(15,16)7-3-4-9(17-2)8(11)5-7/h3-6,12H,1-2H3,(H,13,14)/t6-/m0/s1. The maximum atomic E-state index is 11.9. The minimum Gasteiger partial charge on any atom is -0.480 e. The van der Waals surface area contributed by atoms with E-state index in [-0.39, 0.29) is 4.90 Å². The number of hydrogen-bond donors (Lipinski definition) is 2. The third-order valence-corrected chi connectivity index (χ3v) is 4.89. The zero-order valence-corrected chi connectivity index (χ0v) is 12.1. The van der Waals surface area contributed by atoms with Crippen molar-refractivity contribution in [2.75, 3.05) is 6.26 Å². The lowest BCUT2D eigenvalue weighted by molar-refractivity contribution is -0.138. The molecule has 0 aliphatic heterocycles. The Bertz CT molecular complexity index is 559. The van der Waals surface area contributed by atoms with E-state index in [9.17, 15) is 13.2 Å². The molecule has 5 nitrogen and oxygen atoms in total. The first-order valence-electron chi connectivity index (χ1n) is 4.86. The summed E-state index contributed by atoms with van der Waals surface area (Å²) in [4.78, 5) is 11.3. The summed E-state index contributed by atoms with van der Waals surface area (Å²) in [6.07, 6.45) is 1.82. The molecule has 0 spiro atoms. The van der Waals surface area contributed by atoms with Crippen LogP contribution >= 0.6 is 23.4 Å². The predicted molar refractivity (Wildman–Crippen MR) is 70.7 cm³/mol. The van der Waals surface area contributed by atoms with Crippen molar-refractivity contribution in [3.63, 3.8) is 0 Å². The minimum atomic E-state index is -3.88. The van der Waals surface area contributed by atoms with Crippen LogP contribution in [0.3, 0.4) is 0 Å². The van der Waals surface area contributed by atoms with Crippen LogP contribution in [0.4, 0.5) is 0 Å². The summed E-state index contributed by atoms with van der Waals surface area (Å²) in [5.74, 6) is -1.24. The Morgan fingerprint density at radius 3 is 2.56 bits per heavy atom. The number of carboxylic acids is 1. The SMILES string of the molecule is CSc1ccc(S(=O)(=O)N[C@@H](C)C(=O)O)cc1Cl. The Morgan fingerprint density at radius 2 is 2.11 bits per heavy atom. The van der Waals surface area contributed by atoms with E-state index in [1.165, 1.54) is 30.8 Å². The average Bonchev–Trinajstić information content (AvgIpc) is 2.28. The number of nitrogens with one attached hydrogen (secondary N) is 1. The molecule has 18 heavy (non-hydrogen) atoms. The molecule has 0 heterocycles. The zero-order chi connectivity index (χ0) is 13.9. The van der Waals surface area contributed by atoms with Crippen LogP contribution in [0.1, 0.15) is 6.92 Å². The Hall–Kier alpha value is -0.760. The maximum Gasteiger partial charge on any atom is 0.321 e. The summed E-state index contributed by atoms with van der Waals surface area (Å²) >= 11 is 7.30. The van der Waals surface area contributed by atoms with Crippen LogP contribution in [-0.2, 0) is 14.8 Å². The first-order valence-corrected chi connectivity index (χ1v) is 7.95. The summed E-state index contributed by atoms with van der Waals surface area (Å²) in [5.41, 5.74) is 0. The summed E-state index contributed by atoms with van der Waals surface area (Å²) in [6.45, 7) is 1.25. The van der Waals surface area contributed by atoms with Crippen molar-refractivity contribution >= 4 is 39.4 Å². The third-order valence-electron chi connectivity index (χ3n) is 2.14. The number of carboxylic acid groups (broad SMARTS) is 1. The Kier molecular flexibility index (Phi) is 5.03. The van der Waals surface area contributed by atoms with Gasteiger partial charge in [-0.25, -0.2) is 8.42 Å². The molecule has 0 amide bonds. The van der Waals surface area contributed by atoms with Gasteiger partial charge in [-0.3, -0.25) is 4.79 Å². The quantitative estimate of drug-likeness (QED) is 0.811. The highest BCUT2D eigenvalue weighted by atomic mass is 35.5. The van der Waals surface area contributed by atoms with E-state index in [2.05, 4.69) is 0 Å². The van der Waals surface area contributed by atoms with Crippen LogP contribution in [0.15, 0.2) is 28.0 Å². The molecule has 0 unspecified atom stereocenters. The van der Waals surface area contributed by atoms with Gasteiger partial charge in [0, 0.05) is 4.90 Å². The van der Waals surface area contributed by atoms with Gasteiger partial charge in [0.15, 0.2) is 0 Å². The molecule has 0 aliphatic rings. The number of benzene rings is 1. The van der Waals surface area contributed by atoms with Crippen molar-refractivity contribution in [3.05, 3.63) is 23.2 Å². The number of aliphatic carboxylic acids is 1. The highest BCUT2D eigenvalue weighted by molar-refractivity contribution is 7.98. The molecule has 2 N–H and O–H groups in total. The molecule has 0 saturated carbocycles. The lowest BCUT2D eigenvalue weighted by Gasteiger charge is -2.11. The molecule has 0 saturated heterocycles. The molecule has 8 heteroatoms. The fourth-order valence-corrected chi connectivity index (χ4v) is 3.32. The van der Waals surface area contributed by atoms with E-state index < -0.39 is 22.0 Å². The van der Waals surface area contributed by atoms with Crippen molar-refractivity contribution in [2.24, 2.45) is 0 Å². The monoisotopic (exact) mass is 309 g/mol. The van der Waals surface area contributed by atoms with E-state index in [1.54, 1.807) is 6.07 Å². The van der Waals surface area contributed by atoms with Gasteiger partial charge in [-0.1, -0.05) is 11.6 Å². The molecule has 1 aromatic rings. The molecule has 1 rings (SSSR count). The summed E-state index contributed by atoms with van der Waals surface area (Å²) in [6, 6.07) is 3.06. The predicted octanol–water partition coefficient (Wildman–Crippen LogP) is 1.81. The largest absolute Gasteiger partial charge is 0.480 e. The molecule has 1 atom stereocenters. The van der Waals surface area contributed by atoms with E-state index in [4.69, 9.17) is 16.7 Å². The fraction of sp³-hybridized carbons (Fsp3) is 0.300. The number of rotatable bonds is 5. The van der Waals surface area contributed by atoms with Gasteiger partial charge in [0.25, 0.3) is 0 Å². The number of hydrogen-bond acceptors (Lipinski definition) is 4. The van der Waals surface area contributed by atoms with Crippen LogP contribution in [-0.4, -0.2) is 31.8 Å². The van der Waals surface area contributed by atoms with Crippen molar-refractivity contribution in [1.29, 1.82) is 0 Å². The zero-order valence-electron chi connectivity index (χ0n) is 9.68. The van der Waals surface area contributed by atoms with Crippen molar-refractivity contribution in [1.82, 2.24) is 4.72 Å². The summed E-state index contributed by atoms with van der Waals surface area (Å²) in [5, 5.41) is 8.99. The van der Waals surface area contributed by atoms with Crippen LogP contribution in [0, 0.1) is 0 Å². The molecular formula is C10H12ClNO4S2. The van der Waals surface area contributed by atoms with E-state index in [1.807, 2.05) is 11.0 Å². The van der Waals surface area contributed by atoms with E-state index in [0.29, 0.717) is 5.02 Å². The van der Waals surface area contributed by atoms with Crippen LogP contribution in [0.25, 0.3) is 0 Å². The van der Waals surface area contributed by atoms with Crippen LogP contribution in [0.2, 0.25) is 5.02 Å². The maximum absolute atomic E-state index is 11.9. The van der Waals surface area contributed by atoms with Crippen LogP contribution in [0.5, 0.6) is 0 Å². The number of carbonyl (C=O) groups is 1. The van der Waals surface area contributed by atoms with Crippen molar-refractivity contribution in [3.8, 4) is 0 Å². The van der Waals surface area contributed by atoms with Gasteiger partial charge in [-0.15, -0.1) is 11.8 Å². The lowest BCUT2D eigenvalue weighted by atomic mass is 10.4. The molecule has 0 bridgehead atoms. The Labute approximate surface area is 115 Å². The molecule has 0 aliphatic carbocycles. The van der Waals surface area contributed by atoms with E-state index in [0.717, 1.165) is 4.90 Å². The second kappa shape index (κ2) is 5.92. The minimum absolute atomic E-state index is 0.0570. The van der Waals surface area contributed by atoms with Crippen molar-refractivity contribution in [2.45, 2.75) is 22.8 Å². The molecule has 1 aromatic carbocycles. The average molecular weight is 310 g/mol. The number of sulfonamides is 1. The molecule has 0 aromatic heterocycles. The van der Waals surface area contributed by atoms with E-state index >= 15 is 0 Å². The third kappa shape index (κ3) is 3.61. The van der Waals surface area contributed by atoms with Crippen molar-refractivity contribution < 1.29 is 18.3 Å².